The predicted molar refractivity (Wildman–Crippen MR) is 103 cm³/mol. The predicted octanol–water partition coefficient (Wildman–Crippen LogP) is 2.47. The molecule has 0 saturated carbocycles. The second-order valence-electron chi connectivity index (χ2n) is 7.00. The molecule has 1 aromatic carbocycles. The number of hydrogen-bond donors (Lipinski definition) is 0. The van der Waals surface area contributed by atoms with Crippen LogP contribution < -0.4 is 0 Å². The lowest BCUT2D eigenvalue weighted by atomic mass is 10.1. The van der Waals surface area contributed by atoms with Crippen molar-refractivity contribution in [2.24, 2.45) is 0 Å². The number of thiazole rings is 1. The van der Waals surface area contributed by atoms with E-state index in [0.29, 0.717) is 45.6 Å². The monoisotopic (exact) mass is 403 g/mol. The number of benzene rings is 1. The molecular weight excluding hydrogens is 381 g/mol. The van der Waals surface area contributed by atoms with E-state index in [9.17, 15) is 14.0 Å². The Morgan fingerprint density at radius 3 is 2.86 bits per heavy atom. The first-order valence-electron chi connectivity index (χ1n) is 9.48. The number of ether oxygens (including phenoxy) is 1. The highest BCUT2D eigenvalue weighted by atomic mass is 32.1. The third-order valence-corrected chi connectivity index (χ3v) is 6.28. The average molecular weight is 403 g/mol. The van der Waals surface area contributed by atoms with E-state index in [0.717, 1.165) is 22.7 Å². The molecule has 2 aromatic rings. The van der Waals surface area contributed by atoms with Gasteiger partial charge in [-0.05, 0) is 30.7 Å². The van der Waals surface area contributed by atoms with E-state index in [-0.39, 0.29) is 24.2 Å². The fraction of sp³-hybridized carbons (Fsp3) is 0.450. The molecule has 28 heavy (non-hydrogen) atoms. The number of amides is 2. The van der Waals surface area contributed by atoms with Gasteiger partial charge in [0, 0.05) is 42.9 Å². The van der Waals surface area contributed by atoms with Crippen molar-refractivity contribution in [3.63, 3.8) is 0 Å². The summed E-state index contributed by atoms with van der Waals surface area (Å²) in [5.74, 6) is -0.166. The van der Waals surface area contributed by atoms with Crippen molar-refractivity contribution < 1.29 is 18.7 Å². The Balaban J connectivity index is 1.32. The van der Waals surface area contributed by atoms with Gasteiger partial charge >= 0.3 is 0 Å². The van der Waals surface area contributed by atoms with Crippen molar-refractivity contribution in [2.45, 2.75) is 25.8 Å². The van der Waals surface area contributed by atoms with Gasteiger partial charge < -0.3 is 14.5 Å². The minimum Gasteiger partial charge on any atom is -0.370 e. The molecule has 0 N–H and O–H groups in total. The van der Waals surface area contributed by atoms with Crippen LogP contribution in [0.15, 0.2) is 24.3 Å². The normalized spacial score (nSPS) is 17.0. The van der Waals surface area contributed by atoms with E-state index < -0.39 is 0 Å². The topological polar surface area (TPSA) is 62.7 Å². The lowest BCUT2D eigenvalue weighted by Gasteiger charge is -2.28. The molecule has 0 bridgehead atoms. The molecule has 2 aliphatic heterocycles. The zero-order chi connectivity index (χ0) is 19.5. The largest absolute Gasteiger partial charge is 0.370 e. The van der Waals surface area contributed by atoms with Crippen molar-refractivity contribution in [2.75, 3.05) is 32.8 Å². The Morgan fingerprint density at radius 1 is 1.25 bits per heavy atom. The minimum atomic E-state index is -0.263. The van der Waals surface area contributed by atoms with Crippen molar-refractivity contribution in [1.82, 2.24) is 14.8 Å². The number of aromatic nitrogens is 1. The van der Waals surface area contributed by atoms with Crippen molar-refractivity contribution in [3.8, 4) is 10.6 Å². The molecule has 0 aliphatic carbocycles. The van der Waals surface area contributed by atoms with Crippen LogP contribution in [0.2, 0.25) is 0 Å². The van der Waals surface area contributed by atoms with Gasteiger partial charge in [-0.2, -0.15) is 0 Å². The third-order valence-electron chi connectivity index (χ3n) is 5.07. The molecule has 4 rings (SSSR count). The Hall–Kier alpha value is -2.32. The Kier molecular flexibility index (Phi) is 5.68. The molecule has 6 nitrogen and oxygen atoms in total. The summed E-state index contributed by atoms with van der Waals surface area (Å²) < 4.78 is 18.2. The smallest absolute Gasteiger partial charge is 0.248 e. The van der Waals surface area contributed by atoms with Crippen LogP contribution in [0.3, 0.4) is 0 Å². The summed E-state index contributed by atoms with van der Waals surface area (Å²) >= 11 is 1.62. The first-order chi connectivity index (χ1) is 13.6. The third kappa shape index (κ3) is 4.23. The number of rotatable bonds is 5. The number of carbonyl (C=O) groups excluding carboxylic acids is 2. The summed E-state index contributed by atoms with van der Waals surface area (Å²) in [6.07, 6.45) is 1.88. The number of carbonyl (C=O) groups is 2. The van der Waals surface area contributed by atoms with Crippen LogP contribution in [0.25, 0.3) is 10.6 Å². The molecule has 1 saturated heterocycles. The van der Waals surface area contributed by atoms with E-state index in [2.05, 4.69) is 4.98 Å². The maximum Gasteiger partial charge on any atom is 0.248 e. The van der Waals surface area contributed by atoms with Crippen LogP contribution in [0.4, 0.5) is 4.39 Å². The summed E-state index contributed by atoms with van der Waals surface area (Å²) in [4.78, 5) is 33.8. The molecule has 0 unspecified atom stereocenters. The van der Waals surface area contributed by atoms with Gasteiger partial charge in [-0.25, -0.2) is 9.37 Å². The van der Waals surface area contributed by atoms with E-state index in [1.165, 1.54) is 17.0 Å². The molecule has 8 heteroatoms. The van der Waals surface area contributed by atoms with Crippen LogP contribution in [0.1, 0.15) is 23.4 Å². The maximum absolute atomic E-state index is 13.1. The fourth-order valence-electron chi connectivity index (χ4n) is 3.49. The van der Waals surface area contributed by atoms with Gasteiger partial charge in [0.25, 0.3) is 0 Å². The van der Waals surface area contributed by atoms with Gasteiger partial charge in [-0.1, -0.05) is 0 Å². The lowest BCUT2D eigenvalue weighted by molar-refractivity contribution is -0.143. The molecule has 0 radical (unpaired) electrons. The highest BCUT2D eigenvalue weighted by Crippen LogP contribution is 2.31. The van der Waals surface area contributed by atoms with E-state index in [1.807, 2.05) is 4.90 Å². The van der Waals surface area contributed by atoms with Crippen LogP contribution in [0, 0.1) is 5.82 Å². The van der Waals surface area contributed by atoms with Crippen LogP contribution in [0.5, 0.6) is 0 Å². The van der Waals surface area contributed by atoms with Crippen LogP contribution >= 0.6 is 11.3 Å². The number of fused-ring (bicyclic) bond motifs is 1. The molecule has 2 aliphatic rings. The van der Waals surface area contributed by atoms with E-state index >= 15 is 0 Å². The summed E-state index contributed by atoms with van der Waals surface area (Å²) in [6.45, 7) is 3.11. The number of hydrogen-bond acceptors (Lipinski definition) is 5. The molecule has 0 spiro atoms. The van der Waals surface area contributed by atoms with Gasteiger partial charge in [-0.3, -0.25) is 9.59 Å². The first kappa shape index (κ1) is 19.0. The molecule has 2 amide bonds. The summed E-state index contributed by atoms with van der Waals surface area (Å²) in [5, 5.41) is 0.866. The van der Waals surface area contributed by atoms with Gasteiger partial charge in [-0.15, -0.1) is 11.3 Å². The van der Waals surface area contributed by atoms with Crippen LogP contribution in [-0.2, 0) is 27.3 Å². The fourth-order valence-corrected chi connectivity index (χ4v) is 4.56. The maximum atomic E-state index is 13.1. The summed E-state index contributed by atoms with van der Waals surface area (Å²) in [5.41, 5.74) is 1.83. The van der Waals surface area contributed by atoms with E-state index in [1.54, 1.807) is 28.4 Å². The van der Waals surface area contributed by atoms with E-state index in [4.69, 9.17) is 4.74 Å². The molecule has 3 heterocycles. The molecule has 1 fully saturated rings. The Morgan fingerprint density at radius 2 is 2.07 bits per heavy atom. The zero-order valence-electron chi connectivity index (χ0n) is 15.5. The highest BCUT2D eigenvalue weighted by molar-refractivity contribution is 7.15. The first-order valence-corrected chi connectivity index (χ1v) is 10.3. The second-order valence-corrected chi connectivity index (χ2v) is 8.08. The summed E-state index contributed by atoms with van der Waals surface area (Å²) in [6, 6.07) is 6.33. The minimum absolute atomic E-state index is 0.00268. The zero-order valence-corrected chi connectivity index (χ0v) is 16.3. The quantitative estimate of drug-likeness (QED) is 0.770. The SMILES string of the molecule is O=C1COCCN1CCCC(=O)N1CCc2sc(-c3ccc(F)cc3)nc2C1. The molecule has 148 valence electrons. The van der Waals surface area contributed by atoms with Crippen molar-refractivity contribution in [1.29, 1.82) is 0 Å². The van der Waals surface area contributed by atoms with Gasteiger partial charge in [0.05, 0.1) is 18.8 Å². The standard InChI is InChI=1S/C20H22FN3O3S/c21-15-5-3-14(4-6-15)20-22-16-12-24(9-7-17(16)28-20)18(25)2-1-8-23-10-11-27-13-19(23)26/h3-6H,1-2,7-13H2. The number of morpholine rings is 1. The molecule has 0 atom stereocenters. The van der Waals surface area contributed by atoms with Crippen LogP contribution in [-0.4, -0.2) is 59.4 Å². The van der Waals surface area contributed by atoms with Gasteiger partial charge in [0.1, 0.15) is 17.4 Å². The van der Waals surface area contributed by atoms with Gasteiger partial charge in [0.2, 0.25) is 11.8 Å². The molecular formula is C20H22FN3O3S. The van der Waals surface area contributed by atoms with Gasteiger partial charge in [0.15, 0.2) is 0 Å². The second kappa shape index (κ2) is 8.36. The number of halogens is 1. The van der Waals surface area contributed by atoms with Crippen molar-refractivity contribution >= 4 is 23.2 Å². The average Bonchev–Trinajstić information content (AvgIpc) is 3.13. The Labute approximate surface area is 166 Å². The molecule has 1 aromatic heterocycles. The number of nitrogens with zero attached hydrogens (tertiary/aromatic N) is 3. The Bertz CT molecular complexity index is 868. The lowest BCUT2D eigenvalue weighted by Crippen LogP contribution is -2.42. The highest BCUT2D eigenvalue weighted by Gasteiger charge is 2.25. The summed E-state index contributed by atoms with van der Waals surface area (Å²) in [7, 11) is 0. The van der Waals surface area contributed by atoms with Crippen molar-refractivity contribution in [3.05, 3.63) is 40.7 Å².